The summed E-state index contributed by atoms with van der Waals surface area (Å²) in [7, 11) is 0. The van der Waals surface area contributed by atoms with Crippen LogP contribution in [0.25, 0.3) is 0 Å². The predicted molar refractivity (Wildman–Crippen MR) is 85.2 cm³/mol. The van der Waals surface area contributed by atoms with E-state index < -0.39 is 0 Å². The molecule has 122 valence electrons. The summed E-state index contributed by atoms with van der Waals surface area (Å²) in [5.41, 5.74) is 2.61. The number of nitrogens with one attached hydrogen (secondary N) is 3. The van der Waals surface area contributed by atoms with Crippen LogP contribution in [-0.2, 0) is 19.3 Å². The molecular weight excluding hydrogens is 292 g/mol. The van der Waals surface area contributed by atoms with Gasteiger partial charge in [-0.25, -0.2) is 0 Å². The van der Waals surface area contributed by atoms with Crippen molar-refractivity contribution in [3.05, 3.63) is 22.8 Å². The molecule has 7 nitrogen and oxygen atoms in total. The Bertz CT molecular complexity index is 697. The Morgan fingerprint density at radius 3 is 2.87 bits per heavy atom. The SMILES string of the molecule is O=C(Nc1n[nH]c(CCC2CCCC2)n1)c1n[nH]c2c1CCC2. The van der Waals surface area contributed by atoms with Crippen molar-refractivity contribution in [3.63, 3.8) is 0 Å². The fourth-order valence-electron chi connectivity index (χ4n) is 3.77. The molecular formula is C16H22N6O. The van der Waals surface area contributed by atoms with E-state index in [9.17, 15) is 4.79 Å². The molecule has 0 radical (unpaired) electrons. The second-order valence-electron chi connectivity index (χ2n) is 6.63. The van der Waals surface area contributed by atoms with E-state index in [2.05, 4.69) is 30.7 Å². The number of aromatic nitrogens is 5. The maximum absolute atomic E-state index is 12.3. The van der Waals surface area contributed by atoms with Crippen molar-refractivity contribution in [3.8, 4) is 0 Å². The zero-order chi connectivity index (χ0) is 15.6. The molecule has 0 saturated heterocycles. The molecule has 0 unspecified atom stereocenters. The topological polar surface area (TPSA) is 99.3 Å². The van der Waals surface area contributed by atoms with Gasteiger partial charge in [0.15, 0.2) is 5.69 Å². The van der Waals surface area contributed by atoms with Crippen LogP contribution in [0.3, 0.4) is 0 Å². The first kappa shape index (κ1) is 14.4. The number of carbonyl (C=O) groups excluding carboxylic acids is 1. The van der Waals surface area contributed by atoms with Gasteiger partial charge in [0.2, 0.25) is 5.95 Å². The monoisotopic (exact) mass is 314 g/mol. The summed E-state index contributed by atoms with van der Waals surface area (Å²) in [6.45, 7) is 0. The van der Waals surface area contributed by atoms with Crippen LogP contribution in [-0.4, -0.2) is 31.3 Å². The minimum absolute atomic E-state index is 0.231. The lowest BCUT2D eigenvalue weighted by Crippen LogP contribution is -2.15. The number of carbonyl (C=O) groups is 1. The van der Waals surface area contributed by atoms with Crippen molar-refractivity contribution in [1.29, 1.82) is 0 Å². The standard InChI is InChI=1S/C16H22N6O/c23-15(14-11-6-3-7-12(11)19-21-14)18-16-17-13(20-22-16)9-8-10-4-1-2-5-10/h10H,1-9H2,(H,19,21)(H2,17,18,20,22,23). The minimum atomic E-state index is -0.231. The fourth-order valence-corrected chi connectivity index (χ4v) is 3.77. The summed E-state index contributed by atoms with van der Waals surface area (Å²) in [6, 6.07) is 0. The van der Waals surface area contributed by atoms with Crippen LogP contribution in [0.15, 0.2) is 0 Å². The van der Waals surface area contributed by atoms with Crippen molar-refractivity contribution in [2.45, 2.75) is 57.8 Å². The Balaban J connectivity index is 1.36. The van der Waals surface area contributed by atoms with Crippen molar-refractivity contribution in [1.82, 2.24) is 25.4 Å². The Kier molecular flexibility index (Phi) is 3.85. The molecule has 1 saturated carbocycles. The zero-order valence-corrected chi connectivity index (χ0v) is 13.2. The maximum atomic E-state index is 12.3. The number of anilines is 1. The molecule has 0 aliphatic heterocycles. The normalized spacial score (nSPS) is 17.6. The molecule has 2 aliphatic rings. The van der Waals surface area contributed by atoms with Crippen LogP contribution < -0.4 is 5.32 Å². The summed E-state index contributed by atoms with van der Waals surface area (Å²) < 4.78 is 0. The molecule has 2 aromatic rings. The highest BCUT2D eigenvalue weighted by molar-refractivity contribution is 6.03. The van der Waals surface area contributed by atoms with Crippen molar-refractivity contribution in [2.24, 2.45) is 5.92 Å². The molecule has 4 rings (SSSR count). The van der Waals surface area contributed by atoms with E-state index in [1.165, 1.54) is 25.7 Å². The Labute approximate surface area is 134 Å². The highest BCUT2D eigenvalue weighted by atomic mass is 16.2. The smallest absolute Gasteiger partial charge is 0.278 e. The summed E-state index contributed by atoms with van der Waals surface area (Å²) in [5.74, 6) is 1.78. The first-order valence-electron chi connectivity index (χ1n) is 8.58. The third kappa shape index (κ3) is 3.00. The summed E-state index contributed by atoms with van der Waals surface area (Å²) >= 11 is 0. The molecule has 0 bridgehead atoms. The highest BCUT2D eigenvalue weighted by Gasteiger charge is 2.24. The average molecular weight is 314 g/mol. The first-order chi connectivity index (χ1) is 11.3. The van der Waals surface area contributed by atoms with Gasteiger partial charge in [-0.2, -0.15) is 10.1 Å². The molecule has 2 heterocycles. The second-order valence-corrected chi connectivity index (χ2v) is 6.63. The number of amides is 1. The van der Waals surface area contributed by atoms with E-state index in [4.69, 9.17) is 0 Å². The van der Waals surface area contributed by atoms with Crippen molar-refractivity contribution in [2.75, 3.05) is 5.32 Å². The number of H-pyrrole nitrogens is 2. The van der Waals surface area contributed by atoms with Crippen LogP contribution >= 0.6 is 0 Å². The van der Waals surface area contributed by atoms with Crippen molar-refractivity contribution < 1.29 is 4.79 Å². The predicted octanol–water partition coefficient (Wildman–Crippen LogP) is 2.39. The number of hydrogen-bond acceptors (Lipinski definition) is 4. The van der Waals surface area contributed by atoms with E-state index in [0.717, 1.165) is 55.1 Å². The lowest BCUT2D eigenvalue weighted by Gasteiger charge is -2.05. The molecule has 2 aromatic heterocycles. The molecule has 23 heavy (non-hydrogen) atoms. The summed E-state index contributed by atoms with van der Waals surface area (Å²) in [4.78, 5) is 16.7. The van der Waals surface area contributed by atoms with E-state index in [1.54, 1.807) is 0 Å². The summed E-state index contributed by atoms with van der Waals surface area (Å²) in [6.07, 6.45) is 10.4. The van der Waals surface area contributed by atoms with Crippen LogP contribution in [0.5, 0.6) is 0 Å². The molecule has 0 aromatic carbocycles. The number of hydrogen-bond donors (Lipinski definition) is 3. The Morgan fingerprint density at radius 1 is 1.13 bits per heavy atom. The van der Waals surface area contributed by atoms with Gasteiger partial charge in [-0.05, 0) is 31.6 Å². The molecule has 1 fully saturated rings. The first-order valence-corrected chi connectivity index (χ1v) is 8.58. The number of aromatic amines is 2. The van der Waals surface area contributed by atoms with Gasteiger partial charge < -0.3 is 0 Å². The van der Waals surface area contributed by atoms with Crippen LogP contribution in [0.1, 0.15) is 66.1 Å². The zero-order valence-electron chi connectivity index (χ0n) is 13.2. The highest BCUT2D eigenvalue weighted by Crippen LogP contribution is 2.28. The quantitative estimate of drug-likeness (QED) is 0.789. The second kappa shape index (κ2) is 6.14. The lowest BCUT2D eigenvalue weighted by molar-refractivity contribution is 0.102. The van der Waals surface area contributed by atoms with Crippen LogP contribution in [0.2, 0.25) is 0 Å². The molecule has 0 spiro atoms. The minimum Gasteiger partial charge on any atom is -0.288 e. The molecule has 2 aliphatic carbocycles. The van der Waals surface area contributed by atoms with Gasteiger partial charge in [-0.3, -0.25) is 20.3 Å². The average Bonchev–Trinajstić information content (AvgIpc) is 3.29. The van der Waals surface area contributed by atoms with E-state index in [1.807, 2.05) is 0 Å². The molecule has 3 N–H and O–H groups in total. The largest absolute Gasteiger partial charge is 0.288 e. The lowest BCUT2D eigenvalue weighted by atomic mass is 10.0. The van der Waals surface area contributed by atoms with Gasteiger partial charge >= 0.3 is 0 Å². The van der Waals surface area contributed by atoms with Gasteiger partial charge in [-0.15, -0.1) is 5.10 Å². The maximum Gasteiger partial charge on any atom is 0.278 e. The van der Waals surface area contributed by atoms with Gasteiger partial charge in [-0.1, -0.05) is 25.7 Å². The third-order valence-electron chi connectivity index (χ3n) is 5.04. The molecule has 0 atom stereocenters. The number of nitrogens with zero attached hydrogens (tertiary/aromatic N) is 3. The third-order valence-corrected chi connectivity index (χ3v) is 5.04. The van der Waals surface area contributed by atoms with Crippen LogP contribution in [0.4, 0.5) is 5.95 Å². The number of aryl methyl sites for hydroxylation is 2. The summed E-state index contributed by atoms with van der Waals surface area (Å²) in [5, 5.41) is 16.9. The van der Waals surface area contributed by atoms with Gasteiger partial charge in [0.25, 0.3) is 5.91 Å². The van der Waals surface area contributed by atoms with E-state index in [-0.39, 0.29) is 5.91 Å². The Morgan fingerprint density at radius 2 is 2.00 bits per heavy atom. The van der Waals surface area contributed by atoms with Gasteiger partial charge in [0, 0.05) is 17.7 Å². The van der Waals surface area contributed by atoms with Gasteiger partial charge in [0.1, 0.15) is 5.82 Å². The molecule has 7 heteroatoms. The Hall–Kier alpha value is -2.18. The van der Waals surface area contributed by atoms with E-state index in [0.29, 0.717) is 11.6 Å². The number of rotatable bonds is 5. The van der Waals surface area contributed by atoms with E-state index >= 15 is 0 Å². The van der Waals surface area contributed by atoms with Gasteiger partial charge in [0.05, 0.1) is 0 Å². The van der Waals surface area contributed by atoms with Crippen LogP contribution in [0, 0.1) is 5.92 Å². The van der Waals surface area contributed by atoms with Crippen molar-refractivity contribution >= 4 is 11.9 Å². The fraction of sp³-hybridized carbons (Fsp3) is 0.625. The molecule has 1 amide bonds. The number of fused-ring (bicyclic) bond motifs is 1.